The Morgan fingerprint density at radius 2 is 1.55 bits per heavy atom. The van der Waals surface area contributed by atoms with E-state index in [9.17, 15) is 14.7 Å². The first-order chi connectivity index (χ1) is 9.67. The second-order valence-corrected chi connectivity index (χ2v) is 13.5. The van der Waals surface area contributed by atoms with Crippen molar-refractivity contribution in [3.63, 3.8) is 0 Å². The highest BCUT2D eigenvalue weighted by Crippen LogP contribution is 2.49. The lowest BCUT2D eigenvalue weighted by molar-refractivity contribution is -0.158. The van der Waals surface area contributed by atoms with Gasteiger partial charge in [0.15, 0.2) is 8.32 Å². The summed E-state index contributed by atoms with van der Waals surface area (Å²) in [6.45, 7) is 16.3. The van der Waals surface area contributed by atoms with Crippen LogP contribution in [0.5, 0.6) is 0 Å². The second-order valence-electron chi connectivity index (χ2n) is 8.66. The van der Waals surface area contributed by atoms with Crippen molar-refractivity contribution in [3.8, 4) is 0 Å². The Morgan fingerprint density at radius 1 is 1.05 bits per heavy atom. The van der Waals surface area contributed by atoms with Crippen molar-refractivity contribution in [1.29, 1.82) is 0 Å². The summed E-state index contributed by atoms with van der Waals surface area (Å²) in [5, 5.41) is 9.34. The molecule has 1 aliphatic rings. The van der Waals surface area contributed by atoms with Crippen LogP contribution in [0.4, 0.5) is 0 Å². The van der Waals surface area contributed by atoms with E-state index < -0.39 is 37.7 Å². The third-order valence-corrected chi connectivity index (χ3v) is 9.08. The highest BCUT2D eigenvalue weighted by molar-refractivity contribution is 6.74. The minimum absolute atomic E-state index is 0.0576. The second kappa shape index (κ2) is 5.96. The van der Waals surface area contributed by atoms with Crippen LogP contribution in [0.25, 0.3) is 0 Å². The molecule has 0 aromatic heterocycles. The van der Waals surface area contributed by atoms with Crippen LogP contribution >= 0.6 is 0 Å². The molecule has 0 aromatic rings. The molecule has 0 saturated heterocycles. The number of esters is 1. The number of carbonyl (C=O) groups is 2. The summed E-state index contributed by atoms with van der Waals surface area (Å²) in [5.74, 6) is -2.91. The number of hydrogen-bond acceptors (Lipinski definition) is 4. The maximum Gasteiger partial charge on any atom is 0.310 e. The summed E-state index contributed by atoms with van der Waals surface area (Å²) in [5.41, 5.74) is -0.604. The molecule has 1 saturated carbocycles. The number of ether oxygens (including phenoxy) is 1. The van der Waals surface area contributed by atoms with Crippen LogP contribution in [-0.2, 0) is 18.8 Å². The van der Waals surface area contributed by atoms with Crippen LogP contribution in [0.1, 0.15) is 41.5 Å². The maximum atomic E-state index is 12.1. The molecule has 0 bridgehead atoms. The van der Waals surface area contributed by atoms with E-state index in [1.807, 2.05) is 0 Å². The lowest BCUT2D eigenvalue weighted by Crippen LogP contribution is -2.41. The van der Waals surface area contributed by atoms with Crippen molar-refractivity contribution in [2.75, 3.05) is 6.61 Å². The van der Waals surface area contributed by atoms with Crippen LogP contribution in [-0.4, -0.2) is 37.6 Å². The fourth-order valence-corrected chi connectivity index (χ4v) is 3.17. The molecule has 0 aromatic carbocycles. The topological polar surface area (TPSA) is 72.8 Å². The van der Waals surface area contributed by atoms with Crippen molar-refractivity contribution in [1.82, 2.24) is 0 Å². The predicted molar refractivity (Wildman–Crippen MR) is 87.1 cm³/mol. The third kappa shape index (κ3) is 4.55. The summed E-state index contributed by atoms with van der Waals surface area (Å²) in [7, 11) is -1.95. The number of aliphatic carboxylic acids is 1. The van der Waals surface area contributed by atoms with Gasteiger partial charge in [0.1, 0.15) is 5.60 Å². The summed E-state index contributed by atoms with van der Waals surface area (Å²) in [6, 6.07) is 0. The highest BCUT2D eigenvalue weighted by Gasteiger charge is 2.61. The zero-order valence-electron chi connectivity index (χ0n) is 15.0. The van der Waals surface area contributed by atoms with Crippen LogP contribution in [0.3, 0.4) is 0 Å². The van der Waals surface area contributed by atoms with E-state index in [1.165, 1.54) is 0 Å². The molecule has 0 spiro atoms. The number of hydrogen-bond donors (Lipinski definition) is 1. The SMILES string of the molecule is CC(C)(C)OC(=O)[C@@H]1[C@@H](CO[Si](C)(C)C(C)(C)C)[C@H]1C(=O)O. The van der Waals surface area contributed by atoms with Crippen molar-refractivity contribution in [2.24, 2.45) is 17.8 Å². The largest absolute Gasteiger partial charge is 0.481 e. The molecule has 0 amide bonds. The van der Waals surface area contributed by atoms with E-state index in [2.05, 4.69) is 33.9 Å². The first-order valence-electron chi connectivity index (χ1n) is 7.77. The van der Waals surface area contributed by atoms with Crippen molar-refractivity contribution < 1.29 is 23.9 Å². The lowest BCUT2D eigenvalue weighted by Gasteiger charge is -2.36. The summed E-state index contributed by atoms with van der Waals surface area (Å²) in [6.07, 6.45) is 0. The molecule has 0 aliphatic heterocycles. The van der Waals surface area contributed by atoms with E-state index in [0.717, 1.165) is 0 Å². The van der Waals surface area contributed by atoms with Crippen LogP contribution in [0.15, 0.2) is 0 Å². The Morgan fingerprint density at radius 3 is 1.91 bits per heavy atom. The minimum atomic E-state index is -1.95. The molecule has 1 rings (SSSR count). The van der Waals surface area contributed by atoms with E-state index in [1.54, 1.807) is 20.8 Å². The Hall–Kier alpha value is -0.883. The first-order valence-corrected chi connectivity index (χ1v) is 10.7. The number of carboxylic acids is 1. The number of rotatable bonds is 5. The molecule has 0 unspecified atom stereocenters. The molecule has 0 heterocycles. The van der Waals surface area contributed by atoms with Crippen molar-refractivity contribution in [2.45, 2.75) is 65.3 Å². The van der Waals surface area contributed by atoms with Gasteiger partial charge in [0.05, 0.1) is 11.8 Å². The third-order valence-electron chi connectivity index (χ3n) is 4.58. The molecule has 1 N–H and O–H groups in total. The monoisotopic (exact) mass is 330 g/mol. The molecular weight excluding hydrogens is 300 g/mol. The van der Waals surface area contributed by atoms with E-state index in [0.29, 0.717) is 6.61 Å². The molecule has 128 valence electrons. The standard InChI is InChI=1S/C16H30O5Si/c1-15(2,3)21-14(19)12-10(11(12)13(17)18)9-20-22(7,8)16(4,5)6/h10-12H,9H2,1-8H3,(H,17,18)/t10-,11+,12+/m0/s1. The molecule has 5 nitrogen and oxygen atoms in total. The van der Waals surface area contributed by atoms with Crippen LogP contribution in [0.2, 0.25) is 18.1 Å². The smallest absolute Gasteiger partial charge is 0.310 e. The Bertz CT molecular complexity index is 444. The zero-order valence-corrected chi connectivity index (χ0v) is 16.0. The fraction of sp³-hybridized carbons (Fsp3) is 0.875. The molecule has 0 radical (unpaired) electrons. The zero-order chi connectivity index (χ0) is 17.5. The molecule has 1 fully saturated rings. The first kappa shape index (κ1) is 19.2. The van der Waals surface area contributed by atoms with Gasteiger partial charge >= 0.3 is 11.9 Å². The molecular formula is C16H30O5Si. The van der Waals surface area contributed by atoms with Gasteiger partial charge in [0.25, 0.3) is 0 Å². The molecule has 6 heteroatoms. The van der Waals surface area contributed by atoms with E-state index >= 15 is 0 Å². The molecule has 3 atom stereocenters. The van der Waals surface area contributed by atoms with E-state index in [-0.39, 0.29) is 11.0 Å². The number of carboxylic acid groups (broad SMARTS) is 1. The Balaban J connectivity index is 2.70. The Kier molecular flexibility index (Phi) is 5.19. The quantitative estimate of drug-likeness (QED) is 0.618. The predicted octanol–water partition coefficient (Wildman–Crippen LogP) is 3.30. The van der Waals surface area contributed by atoms with E-state index in [4.69, 9.17) is 9.16 Å². The Labute approximate surface area is 134 Å². The van der Waals surface area contributed by atoms with Gasteiger partial charge in [-0.05, 0) is 38.9 Å². The van der Waals surface area contributed by atoms with Gasteiger partial charge in [0.2, 0.25) is 0 Å². The average molecular weight is 330 g/mol. The van der Waals surface area contributed by atoms with Crippen molar-refractivity contribution >= 4 is 20.3 Å². The van der Waals surface area contributed by atoms with Gasteiger partial charge in [0, 0.05) is 12.5 Å². The van der Waals surface area contributed by atoms with Gasteiger partial charge in [-0.1, -0.05) is 20.8 Å². The summed E-state index contributed by atoms with van der Waals surface area (Å²) >= 11 is 0. The normalized spacial score (nSPS) is 25.7. The lowest BCUT2D eigenvalue weighted by atomic mass is 10.2. The highest BCUT2D eigenvalue weighted by atomic mass is 28.4. The average Bonchev–Trinajstić information content (AvgIpc) is 2.96. The van der Waals surface area contributed by atoms with Gasteiger partial charge in [-0.15, -0.1) is 0 Å². The van der Waals surface area contributed by atoms with Crippen LogP contribution in [0, 0.1) is 17.8 Å². The van der Waals surface area contributed by atoms with Crippen molar-refractivity contribution in [3.05, 3.63) is 0 Å². The van der Waals surface area contributed by atoms with Crippen LogP contribution < -0.4 is 0 Å². The minimum Gasteiger partial charge on any atom is -0.481 e. The summed E-state index contributed by atoms with van der Waals surface area (Å²) in [4.78, 5) is 23.5. The number of carbonyl (C=O) groups excluding carboxylic acids is 1. The van der Waals surface area contributed by atoms with Gasteiger partial charge in [-0.3, -0.25) is 9.59 Å². The van der Waals surface area contributed by atoms with Gasteiger partial charge in [-0.2, -0.15) is 0 Å². The maximum absolute atomic E-state index is 12.1. The van der Waals surface area contributed by atoms with Gasteiger partial charge < -0.3 is 14.3 Å². The summed E-state index contributed by atoms with van der Waals surface area (Å²) < 4.78 is 11.4. The fourth-order valence-electron chi connectivity index (χ4n) is 2.13. The van der Waals surface area contributed by atoms with Gasteiger partial charge in [-0.25, -0.2) is 0 Å². The molecule has 1 aliphatic carbocycles. The molecule has 22 heavy (non-hydrogen) atoms.